The summed E-state index contributed by atoms with van der Waals surface area (Å²) < 4.78 is 163. The fraction of sp³-hybridized carbons (Fsp3) is 1.00. The normalized spacial score (nSPS) is 16.8. The Morgan fingerprint density at radius 3 is 1.55 bits per heavy atom. The highest BCUT2D eigenvalue weighted by Gasteiger charge is 2.90. The first-order valence-corrected chi connectivity index (χ1v) is 8.02. The SMILES string of the molecule is CCCCCCOCCOC(F)(C(F)(F)C(F)(F)F)C(F)(F)C(F)(F)C(O)(F)F. The third-order valence-corrected chi connectivity index (χ3v) is 3.61. The summed E-state index contributed by atoms with van der Waals surface area (Å²) in [5.41, 5.74) is 0. The van der Waals surface area contributed by atoms with E-state index in [1.54, 1.807) is 0 Å². The van der Waals surface area contributed by atoms with Crippen LogP contribution >= 0.6 is 0 Å². The van der Waals surface area contributed by atoms with Gasteiger partial charge in [-0.2, -0.15) is 52.7 Å². The summed E-state index contributed by atoms with van der Waals surface area (Å²) in [6, 6.07) is 0. The van der Waals surface area contributed by atoms with Gasteiger partial charge in [-0.25, -0.2) is 0 Å². The Balaban J connectivity index is 5.62. The van der Waals surface area contributed by atoms with Crippen LogP contribution in [0.25, 0.3) is 0 Å². The standard InChI is InChI=1S/C14H18F12O3/c1-2-3-4-5-6-28-7-8-29-12(21,11(19,20)13(22,23)24)9(15,16)10(17,18)14(25,26)27/h27H,2-8H2,1H3. The highest BCUT2D eigenvalue weighted by molar-refractivity contribution is 5.09. The molecule has 0 radical (unpaired) electrons. The molecular formula is C14H18F12O3. The number of unbranched alkanes of at least 4 members (excludes halogenated alkanes) is 3. The van der Waals surface area contributed by atoms with Crippen molar-refractivity contribution in [3.05, 3.63) is 0 Å². The average Bonchev–Trinajstić information content (AvgIpc) is 2.54. The van der Waals surface area contributed by atoms with E-state index in [4.69, 9.17) is 5.11 Å². The Morgan fingerprint density at radius 2 is 1.14 bits per heavy atom. The van der Waals surface area contributed by atoms with Crippen molar-refractivity contribution in [2.24, 2.45) is 0 Å². The van der Waals surface area contributed by atoms with Crippen LogP contribution in [0.5, 0.6) is 0 Å². The van der Waals surface area contributed by atoms with Crippen LogP contribution in [0.2, 0.25) is 0 Å². The van der Waals surface area contributed by atoms with E-state index < -0.39 is 49.1 Å². The minimum absolute atomic E-state index is 0.181. The zero-order valence-corrected chi connectivity index (χ0v) is 14.7. The number of aliphatic hydroxyl groups is 1. The molecule has 0 bridgehead atoms. The van der Waals surface area contributed by atoms with E-state index in [9.17, 15) is 52.7 Å². The fourth-order valence-corrected chi connectivity index (χ4v) is 1.93. The molecule has 0 heterocycles. The predicted molar refractivity (Wildman–Crippen MR) is 72.8 cm³/mol. The Bertz CT molecular complexity index is 503. The van der Waals surface area contributed by atoms with Crippen LogP contribution in [0.4, 0.5) is 52.7 Å². The van der Waals surface area contributed by atoms with Crippen LogP contribution in [0.1, 0.15) is 32.6 Å². The number of ether oxygens (including phenoxy) is 2. The van der Waals surface area contributed by atoms with Crippen LogP contribution in [-0.4, -0.2) is 60.8 Å². The highest BCUT2D eigenvalue weighted by atomic mass is 19.4. The molecule has 0 aromatic heterocycles. The van der Waals surface area contributed by atoms with Crippen LogP contribution in [0.15, 0.2) is 0 Å². The van der Waals surface area contributed by atoms with Gasteiger partial charge in [-0.1, -0.05) is 26.2 Å². The summed E-state index contributed by atoms with van der Waals surface area (Å²) in [5, 5.41) is 7.79. The lowest BCUT2D eigenvalue weighted by molar-refractivity contribution is -0.483. The van der Waals surface area contributed by atoms with Crippen molar-refractivity contribution < 1.29 is 67.3 Å². The fourth-order valence-electron chi connectivity index (χ4n) is 1.93. The number of alkyl halides is 12. The minimum Gasteiger partial charge on any atom is -0.379 e. The molecule has 29 heavy (non-hydrogen) atoms. The summed E-state index contributed by atoms with van der Waals surface area (Å²) in [6.45, 7) is -1.29. The number of hydrogen-bond donors (Lipinski definition) is 1. The number of rotatable bonds is 13. The van der Waals surface area contributed by atoms with Gasteiger partial charge in [0.05, 0.1) is 13.2 Å². The molecular weight excluding hydrogens is 444 g/mol. The van der Waals surface area contributed by atoms with Crippen molar-refractivity contribution in [1.29, 1.82) is 0 Å². The van der Waals surface area contributed by atoms with Crippen molar-refractivity contribution in [1.82, 2.24) is 0 Å². The van der Waals surface area contributed by atoms with Crippen molar-refractivity contribution in [2.75, 3.05) is 19.8 Å². The van der Waals surface area contributed by atoms with E-state index in [1.165, 1.54) is 0 Å². The first-order chi connectivity index (χ1) is 12.8. The first-order valence-electron chi connectivity index (χ1n) is 8.02. The van der Waals surface area contributed by atoms with E-state index in [1.807, 2.05) is 6.92 Å². The maximum atomic E-state index is 14.1. The molecule has 0 saturated heterocycles. The molecule has 0 aromatic rings. The van der Waals surface area contributed by atoms with E-state index >= 15 is 0 Å². The molecule has 0 aliphatic rings. The van der Waals surface area contributed by atoms with Gasteiger partial charge in [0.1, 0.15) is 0 Å². The molecule has 176 valence electrons. The molecule has 1 N–H and O–H groups in total. The summed E-state index contributed by atoms with van der Waals surface area (Å²) in [7, 11) is 0. The molecule has 1 unspecified atom stereocenters. The van der Waals surface area contributed by atoms with Crippen LogP contribution in [-0.2, 0) is 9.47 Å². The van der Waals surface area contributed by atoms with Crippen LogP contribution in [0.3, 0.4) is 0 Å². The predicted octanol–water partition coefficient (Wildman–Crippen LogP) is 5.32. The first kappa shape index (κ1) is 28.0. The lowest BCUT2D eigenvalue weighted by Gasteiger charge is -2.42. The molecule has 3 nitrogen and oxygen atoms in total. The largest absolute Gasteiger partial charge is 0.459 e. The second-order valence-electron chi connectivity index (χ2n) is 5.88. The zero-order chi connectivity index (χ0) is 23.4. The lowest BCUT2D eigenvalue weighted by atomic mass is 9.95. The van der Waals surface area contributed by atoms with Crippen molar-refractivity contribution in [3.63, 3.8) is 0 Å². The summed E-state index contributed by atoms with van der Waals surface area (Å²) in [5.74, 6) is -29.3. The van der Waals surface area contributed by atoms with E-state index in [0.717, 1.165) is 12.8 Å². The molecule has 0 spiro atoms. The Kier molecular flexibility index (Phi) is 9.14. The molecule has 0 amide bonds. The van der Waals surface area contributed by atoms with Gasteiger partial charge < -0.3 is 14.6 Å². The number of halogens is 12. The van der Waals surface area contributed by atoms with Gasteiger partial charge in [0.25, 0.3) is 0 Å². The van der Waals surface area contributed by atoms with Gasteiger partial charge in [0, 0.05) is 6.61 Å². The van der Waals surface area contributed by atoms with Crippen molar-refractivity contribution in [2.45, 2.75) is 68.5 Å². The Labute approximate surface area is 156 Å². The van der Waals surface area contributed by atoms with Gasteiger partial charge >= 0.3 is 35.9 Å². The van der Waals surface area contributed by atoms with Gasteiger partial charge in [0.2, 0.25) is 0 Å². The van der Waals surface area contributed by atoms with Gasteiger partial charge in [-0.15, -0.1) is 0 Å². The molecule has 0 rings (SSSR count). The topological polar surface area (TPSA) is 38.7 Å². The van der Waals surface area contributed by atoms with E-state index in [2.05, 4.69) is 9.47 Å². The van der Waals surface area contributed by atoms with Crippen molar-refractivity contribution >= 4 is 0 Å². The minimum atomic E-state index is -7.53. The van der Waals surface area contributed by atoms with Crippen LogP contribution < -0.4 is 0 Å². The van der Waals surface area contributed by atoms with Gasteiger partial charge in [-0.05, 0) is 6.42 Å². The third kappa shape index (κ3) is 5.60. The summed E-state index contributed by atoms with van der Waals surface area (Å²) in [4.78, 5) is 0. The quantitative estimate of drug-likeness (QED) is 0.298. The molecule has 0 saturated carbocycles. The molecule has 1 atom stereocenters. The molecule has 0 aromatic carbocycles. The second kappa shape index (κ2) is 9.45. The number of hydrogen-bond acceptors (Lipinski definition) is 3. The maximum Gasteiger partial charge on any atom is 0.459 e. The smallest absolute Gasteiger partial charge is 0.379 e. The molecule has 0 fully saturated rings. The van der Waals surface area contributed by atoms with E-state index in [-0.39, 0.29) is 6.61 Å². The van der Waals surface area contributed by atoms with Crippen LogP contribution in [0, 0.1) is 0 Å². The van der Waals surface area contributed by atoms with E-state index in [0.29, 0.717) is 12.8 Å². The summed E-state index contributed by atoms with van der Waals surface area (Å²) in [6.07, 6.45) is -11.7. The zero-order valence-electron chi connectivity index (χ0n) is 14.7. The van der Waals surface area contributed by atoms with Gasteiger partial charge in [0.15, 0.2) is 0 Å². The third-order valence-electron chi connectivity index (χ3n) is 3.61. The highest BCUT2D eigenvalue weighted by Crippen LogP contribution is 2.59. The molecule has 0 aliphatic heterocycles. The summed E-state index contributed by atoms with van der Waals surface area (Å²) >= 11 is 0. The second-order valence-corrected chi connectivity index (χ2v) is 5.88. The lowest BCUT2D eigenvalue weighted by Crippen LogP contribution is -2.73. The van der Waals surface area contributed by atoms with Crippen molar-refractivity contribution in [3.8, 4) is 0 Å². The maximum absolute atomic E-state index is 14.1. The van der Waals surface area contributed by atoms with Gasteiger partial charge in [-0.3, -0.25) is 0 Å². The monoisotopic (exact) mass is 462 g/mol. The molecule has 15 heteroatoms. The Morgan fingerprint density at radius 1 is 0.621 bits per heavy atom. The Hall–Kier alpha value is -0.960. The average molecular weight is 462 g/mol. The molecule has 0 aliphatic carbocycles.